The molecule has 0 radical (unpaired) electrons. The van der Waals surface area contributed by atoms with Gasteiger partial charge in [0.25, 0.3) is 0 Å². The maximum Gasteiger partial charge on any atom is 0.149 e. The predicted octanol–water partition coefficient (Wildman–Crippen LogP) is 7.56. The van der Waals surface area contributed by atoms with Crippen LogP contribution in [0.4, 0.5) is 14.5 Å². The Morgan fingerprint density at radius 1 is 1.00 bits per heavy atom. The Morgan fingerprint density at radius 2 is 1.79 bits per heavy atom. The molecule has 0 spiro atoms. The summed E-state index contributed by atoms with van der Waals surface area (Å²) in [5.41, 5.74) is 2.82. The first-order chi connectivity index (χ1) is 13.6. The summed E-state index contributed by atoms with van der Waals surface area (Å²) in [6.45, 7) is 2.25. The minimum absolute atomic E-state index is 0.143. The van der Waals surface area contributed by atoms with Crippen molar-refractivity contribution in [2.45, 2.75) is 64.2 Å². The Labute approximate surface area is 171 Å². The van der Waals surface area contributed by atoms with Gasteiger partial charge in [-0.2, -0.15) is 4.99 Å². The molecule has 28 heavy (non-hydrogen) atoms. The zero-order chi connectivity index (χ0) is 19.9. The molecule has 0 amide bonds. The van der Waals surface area contributed by atoms with Crippen LogP contribution < -0.4 is 0 Å². The van der Waals surface area contributed by atoms with E-state index in [9.17, 15) is 8.78 Å². The maximum atomic E-state index is 14.6. The number of nitrogens with zero attached hydrogens (tertiary/aromatic N) is 1. The predicted molar refractivity (Wildman–Crippen MR) is 115 cm³/mol. The topological polar surface area (TPSA) is 12.4 Å². The third kappa shape index (κ3) is 5.33. The van der Waals surface area contributed by atoms with Crippen molar-refractivity contribution in [3.63, 3.8) is 0 Å². The van der Waals surface area contributed by atoms with Crippen molar-refractivity contribution in [3.8, 4) is 0 Å². The average molecular weight is 400 g/mol. The van der Waals surface area contributed by atoms with E-state index in [1.165, 1.54) is 44.6 Å². The zero-order valence-corrected chi connectivity index (χ0v) is 17.2. The molecular formula is C24H27F2NS. The first kappa shape index (κ1) is 20.8. The zero-order valence-electron chi connectivity index (χ0n) is 16.4. The molecule has 0 atom stereocenters. The highest BCUT2D eigenvalue weighted by Gasteiger charge is 2.22. The molecule has 2 aromatic carbocycles. The average Bonchev–Trinajstić information content (AvgIpc) is 2.70. The van der Waals surface area contributed by atoms with Gasteiger partial charge in [0.2, 0.25) is 0 Å². The molecule has 148 valence electrons. The highest BCUT2D eigenvalue weighted by Crippen LogP contribution is 2.37. The van der Waals surface area contributed by atoms with Crippen molar-refractivity contribution < 1.29 is 8.78 Å². The Balaban J connectivity index is 1.60. The first-order valence-corrected chi connectivity index (χ1v) is 10.7. The van der Waals surface area contributed by atoms with E-state index in [2.05, 4.69) is 35.4 Å². The van der Waals surface area contributed by atoms with Gasteiger partial charge in [0, 0.05) is 0 Å². The van der Waals surface area contributed by atoms with Crippen molar-refractivity contribution in [2.24, 2.45) is 10.9 Å². The van der Waals surface area contributed by atoms with E-state index in [1.807, 2.05) is 6.07 Å². The van der Waals surface area contributed by atoms with Crippen molar-refractivity contribution in [2.75, 3.05) is 0 Å². The molecule has 0 unspecified atom stereocenters. The number of rotatable bonds is 7. The van der Waals surface area contributed by atoms with Crippen LogP contribution in [-0.2, 0) is 12.8 Å². The molecular weight excluding hydrogens is 372 g/mol. The van der Waals surface area contributed by atoms with Crippen LogP contribution in [0.5, 0.6) is 0 Å². The fourth-order valence-electron chi connectivity index (χ4n) is 4.34. The van der Waals surface area contributed by atoms with Crippen LogP contribution in [0.1, 0.15) is 68.1 Å². The lowest BCUT2D eigenvalue weighted by Crippen LogP contribution is -2.13. The number of aryl methyl sites for hydroxylation is 2. The summed E-state index contributed by atoms with van der Waals surface area (Å²) in [4.78, 5) is 3.68. The fourth-order valence-corrected chi connectivity index (χ4v) is 4.44. The van der Waals surface area contributed by atoms with Gasteiger partial charge in [-0.3, -0.25) is 0 Å². The smallest absolute Gasteiger partial charge is 0.149 e. The Hall–Kier alpha value is -1.90. The van der Waals surface area contributed by atoms with Gasteiger partial charge in [-0.25, -0.2) is 8.78 Å². The van der Waals surface area contributed by atoms with Crippen molar-refractivity contribution in [1.29, 1.82) is 0 Å². The van der Waals surface area contributed by atoms with E-state index in [-0.39, 0.29) is 11.5 Å². The second-order valence-electron chi connectivity index (χ2n) is 7.85. The van der Waals surface area contributed by atoms with Gasteiger partial charge in [-0.05, 0) is 97.5 Å². The molecule has 0 bridgehead atoms. The number of hydrogen-bond acceptors (Lipinski definition) is 2. The lowest BCUT2D eigenvalue weighted by Gasteiger charge is -2.28. The van der Waals surface area contributed by atoms with E-state index in [0.29, 0.717) is 24.3 Å². The number of hydrogen-bond donors (Lipinski definition) is 0. The number of benzene rings is 2. The van der Waals surface area contributed by atoms with Crippen LogP contribution in [0.2, 0.25) is 0 Å². The largest absolute Gasteiger partial charge is 0.207 e. The van der Waals surface area contributed by atoms with E-state index in [1.54, 1.807) is 18.2 Å². The SMILES string of the molecule is CCCC1CCC(c2ccc(CCc3ccc(N=C=S)c(F)c3)c(F)c2)CC1. The fraction of sp³-hybridized carbons (Fsp3) is 0.458. The molecule has 1 saturated carbocycles. The van der Waals surface area contributed by atoms with Gasteiger partial charge in [-0.15, -0.1) is 0 Å². The molecule has 0 aliphatic heterocycles. The first-order valence-electron chi connectivity index (χ1n) is 10.2. The molecule has 1 nitrogen and oxygen atoms in total. The van der Waals surface area contributed by atoms with Crippen LogP contribution in [0, 0.1) is 17.6 Å². The molecule has 2 aromatic rings. The monoisotopic (exact) mass is 399 g/mol. The molecule has 0 saturated heterocycles. The number of isothiocyanates is 1. The van der Waals surface area contributed by atoms with Gasteiger partial charge < -0.3 is 0 Å². The minimum atomic E-state index is -0.427. The summed E-state index contributed by atoms with van der Waals surface area (Å²) in [5.74, 6) is 0.770. The highest BCUT2D eigenvalue weighted by atomic mass is 32.1. The van der Waals surface area contributed by atoms with E-state index < -0.39 is 5.82 Å². The molecule has 3 rings (SSSR count). The van der Waals surface area contributed by atoms with Crippen LogP contribution in [-0.4, -0.2) is 5.16 Å². The maximum absolute atomic E-state index is 14.6. The van der Waals surface area contributed by atoms with Gasteiger partial charge in [0.15, 0.2) is 0 Å². The van der Waals surface area contributed by atoms with E-state index in [4.69, 9.17) is 0 Å². The van der Waals surface area contributed by atoms with Crippen LogP contribution in [0.3, 0.4) is 0 Å². The molecule has 1 aliphatic rings. The van der Waals surface area contributed by atoms with Gasteiger partial charge in [-0.1, -0.05) is 38.0 Å². The summed E-state index contributed by atoms with van der Waals surface area (Å²) >= 11 is 4.51. The molecule has 1 fully saturated rings. The van der Waals surface area contributed by atoms with Crippen LogP contribution >= 0.6 is 12.2 Å². The second-order valence-corrected chi connectivity index (χ2v) is 8.03. The van der Waals surface area contributed by atoms with Crippen molar-refractivity contribution in [3.05, 3.63) is 64.7 Å². The number of aliphatic imine (C=N–C) groups is 1. The van der Waals surface area contributed by atoms with Crippen LogP contribution in [0.15, 0.2) is 41.4 Å². The van der Waals surface area contributed by atoms with E-state index in [0.717, 1.165) is 17.0 Å². The summed E-state index contributed by atoms with van der Waals surface area (Å²) in [6.07, 6.45) is 8.55. The minimum Gasteiger partial charge on any atom is -0.207 e. The number of halogens is 2. The van der Waals surface area contributed by atoms with Gasteiger partial charge in [0.05, 0.1) is 5.16 Å². The standard InChI is InChI=1S/C24H27F2NS/c1-2-3-17-4-8-19(9-5-17)21-12-11-20(22(25)15-21)10-6-18-7-13-24(27-16-28)23(26)14-18/h7,11-15,17,19H,2-6,8-10H2,1H3. The normalized spacial score (nSPS) is 19.2. The lowest BCUT2D eigenvalue weighted by atomic mass is 9.77. The molecule has 0 N–H and O–H groups in total. The molecule has 0 heterocycles. The highest BCUT2D eigenvalue weighted by molar-refractivity contribution is 7.78. The Kier molecular flexibility index (Phi) is 7.47. The second kappa shape index (κ2) is 10.0. The lowest BCUT2D eigenvalue weighted by molar-refractivity contribution is 0.308. The molecule has 4 heteroatoms. The van der Waals surface area contributed by atoms with Crippen molar-refractivity contribution in [1.82, 2.24) is 0 Å². The summed E-state index contributed by atoms with van der Waals surface area (Å²) in [5, 5.41) is 2.17. The molecule has 0 aromatic heterocycles. The van der Waals surface area contributed by atoms with Gasteiger partial charge in [0.1, 0.15) is 17.3 Å². The quantitative estimate of drug-likeness (QED) is 0.346. The summed E-state index contributed by atoms with van der Waals surface area (Å²) < 4.78 is 28.6. The number of thiocarbonyl (C=S) groups is 1. The Morgan fingerprint density at radius 3 is 2.43 bits per heavy atom. The summed E-state index contributed by atoms with van der Waals surface area (Å²) in [7, 11) is 0. The molecule has 1 aliphatic carbocycles. The van der Waals surface area contributed by atoms with Crippen LogP contribution in [0.25, 0.3) is 0 Å². The van der Waals surface area contributed by atoms with Crippen molar-refractivity contribution >= 4 is 23.1 Å². The third-order valence-corrected chi connectivity index (χ3v) is 6.04. The van der Waals surface area contributed by atoms with E-state index >= 15 is 0 Å². The Bertz CT molecular complexity index is 850. The van der Waals surface area contributed by atoms with Gasteiger partial charge >= 0.3 is 0 Å². The third-order valence-electron chi connectivity index (χ3n) is 5.95. The summed E-state index contributed by atoms with van der Waals surface area (Å²) in [6, 6.07) is 10.5.